The van der Waals surface area contributed by atoms with Gasteiger partial charge >= 0.3 is 5.69 Å². The number of rotatable bonds is 8. The van der Waals surface area contributed by atoms with Crippen LogP contribution in [0.15, 0.2) is 34.2 Å². The van der Waals surface area contributed by atoms with Crippen LogP contribution < -0.4 is 11.0 Å². The second kappa shape index (κ2) is 8.94. The minimum Gasteiger partial charge on any atom is -0.349 e. The number of nitrogens with one attached hydrogen (secondary N) is 2. The summed E-state index contributed by atoms with van der Waals surface area (Å²) in [5.41, 5.74) is 0.748. The molecule has 0 bridgehead atoms. The lowest BCUT2D eigenvalue weighted by atomic mass is 10.1. The molecule has 1 heterocycles. The summed E-state index contributed by atoms with van der Waals surface area (Å²) in [7, 11) is 0. The van der Waals surface area contributed by atoms with E-state index in [1.54, 1.807) is 16.7 Å². The third-order valence-electron chi connectivity index (χ3n) is 3.54. The number of amides is 1. The molecule has 130 valence electrons. The molecule has 0 aliphatic heterocycles. The van der Waals surface area contributed by atoms with E-state index in [9.17, 15) is 9.59 Å². The summed E-state index contributed by atoms with van der Waals surface area (Å²) in [6, 6.07) is 7.25. The molecule has 1 atom stereocenters. The Bertz CT molecular complexity index is 726. The molecule has 24 heavy (non-hydrogen) atoms. The van der Waals surface area contributed by atoms with E-state index in [-0.39, 0.29) is 23.4 Å². The SMILES string of the molecule is CCCCn1c(SCC(=O)NC(C)c2ccc(Cl)cc2)n[nH]c1=O. The first-order chi connectivity index (χ1) is 11.5. The molecule has 1 unspecified atom stereocenters. The molecule has 0 radical (unpaired) electrons. The van der Waals surface area contributed by atoms with Crippen molar-refractivity contribution in [2.75, 3.05) is 5.75 Å². The smallest absolute Gasteiger partial charge is 0.343 e. The predicted octanol–water partition coefficient (Wildman–Crippen LogP) is 2.99. The number of hydrogen-bond acceptors (Lipinski definition) is 4. The molecule has 2 aromatic rings. The molecule has 1 amide bonds. The summed E-state index contributed by atoms with van der Waals surface area (Å²) in [5, 5.41) is 10.6. The Morgan fingerprint density at radius 2 is 2.12 bits per heavy atom. The average Bonchev–Trinajstić information content (AvgIpc) is 2.91. The van der Waals surface area contributed by atoms with E-state index < -0.39 is 0 Å². The van der Waals surface area contributed by atoms with E-state index in [0.29, 0.717) is 16.7 Å². The maximum Gasteiger partial charge on any atom is 0.343 e. The Morgan fingerprint density at radius 1 is 1.42 bits per heavy atom. The Morgan fingerprint density at radius 3 is 2.79 bits per heavy atom. The van der Waals surface area contributed by atoms with E-state index in [1.807, 2.05) is 19.1 Å². The zero-order valence-electron chi connectivity index (χ0n) is 13.7. The van der Waals surface area contributed by atoms with E-state index in [0.717, 1.165) is 18.4 Å². The summed E-state index contributed by atoms with van der Waals surface area (Å²) < 4.78 is 1.57. The summed E-state index contributed by atoms with van der Waals surface area (Å²) in [6.07, 6.45) is 1.88. The van der Waals surface area contributed by atoms with Gasteiger partial charge in [-0.2, -0.15) is 0 Å². The van der Waals surface area contributed by atoms with Gasteiger partial charge in [-0.25, -0.2) is 9.89 Å². The summed E-state index contributed by atoms with van der Waals surface area (Å²) in [5.74, 6) is 0.0916. The van der Waals surface area contributed by atoms with Crippen molar-refractivity contribution in [2.24, 2.45) is 0 Å². The number of halogens is 1. The Labute approximate surface area is 150 Å². The molecule has 8 heteroatoms. The maximum absolute atomic E-state index is 12.1. The van der Waals surface area contributed by atoms with E-state index in [4.69, 9.17) is 11.6 Å². The second-order valence-corrected chi connectivity index (χ2v) is 6.82. The highest BCUT2D eigenvalue weighted by Crippen LogP contribution is 2.17. The molecule has 0 saturated carbocycles. The van der Waals surface area contributed by atoms with E-state index in [1.165, 1.54) is 11.8 Å². The molecule has 2 rings (SSSR count). The molecule has 0 spiro atoms. The fraction of sp³-hybridized carbons (Fsp3) is 0.438. The monoisotopic (exact) mass is 368 g/mol. The van der Waals surface area contributed by atoms with Gasteiger partial charge in [0.2, 0.25) is 5.91 Å². The van der Waals surface area contributed by atoms with Gasteiger partial charge in [0.05, 0.1) is 11.8 Å². The summed E-state index contributed by atoms with van der Waals surface area (Å²) in [6.45, 7) is 4.58. The van der Waals surface area contributed by atoms with Gasteiger partial charge in [-0.1, -0.05) is 48.8 Å². The van der Waals surface area contributed by atoms with E-state index >= 15 is 0 Å². The van der Waals surface area contributed by atoms with Gasteiger partial charge in [-0.3, -0.25) is 9.36 Å². The van der Waals surface area contributed by atoms with Crippen LogP contribution in [-0.4, -0.2) is 26.4 Å². The number of thioether (sulfide) groups is 1. The van der Waals surface area contributed by atoms with Crippen LogP contribution >= 0.6 is 23.4 Å². The van der Waals surface area contributed by atoms with Crippen molar-refractivity contribution in [1.82, 2.24) is 20.1 Å². The Hall–Kier alpha value is -1.73. The van der Waals surface area contributed by atoms with Crippen LogP contribution in [0.25, 0.3) is 0 Å². The van der Waals surface area contributed by atoms with Gasteiger partial charge < -0.3 is 5.32 Å². The first-order valence-electron chi connectivity index (χ1n) is 7.84. The topological polar surface area (TPSA) is 79.8 Å². The van der Waals surface area contributed by atoms with Crippen LogP contribution in [0.4, 0.5) is 0 Å². The number of carbonyl (C=O) groups is 1. The molecule has 1 aromatic carbocycles. The lowest BCUT2D eigenvalue weighted by molar-refractivity contribution is -0.119. The summed E-state index contributed by atoms with van der Waals surface area (Å²) in [4.78, 5) is 23.8. The third-order valence-corrected chi connectivity index (χ3v) is 4.77. The molecule has 0 fully saturated rings. The van der Waals surface area contributed by atoms with Crippen molar-refractivity contribution < 1.29 is 4.79 Å². The molecule has 0 aliphatic rings. The first kappa shape index (κ1) is 18.6. The molecule has 0 saturated heterocycles. The molecular formula is C16H21ClN4O2S. The van der Waals surface area contributed by atoms with Crippen LogP contribution in [0.3, 0.4) is 0 Å². The minimum absolute atomic E-state index is 0.111. The van der Waals surface area contributed by atoms with Gasteiger partial charge in [-0.05, 0) is 31.0 Å². The number of benzene rings is 1. The maximum atomic E-state index is 12.1. The number of carbonyl (C=O) groups excluding carboxylic acids is 1. The zero-order chi connectivity index (χ0) is 17.5. The van der Waals surface area contributed by atoms with Crippen LogP contribution in [0, 0.1) is 0 Å². The van der Waals surface area contributed by atoms with Crippen LogP contribution in [0.5, 0.6) is 0 Å². The van der Waals surface area contributed by atoms with Crippen LogP contribution in [-0.2, 0) is 11.3 Å². The van der Waals surface area contributed by atoms with E-state index in [2.05, 4.69) is 22.4 Å². The average molecular weight is 369 g/mol. The quantitative estimate of drug-likeness (QED) is 0.702. The zero-order valence-corrected chi connectivity index (χ0v) is 15.3. The number of nitrogens with zero attached hydrogens (tertiary/aromatic N) is 2. The Kier molecular flexibility index (Phi) is 6.93. The van der Waals surface area contributed by atoms with Crippen molar-refractivity contribution in [1.29, 1.82) is 0 Å². The minimum atomic E-state index is -0.235. The highest BCUT2D eigenvalue weighted by Gasteiger charge is 2.13. The largest absolute Gasteiger partial charge is 0.349 e. The molecule has 2 N–H and O–H groups in total. The lowest BCUT2D eigenvalue weighted by Gasteiger charge is -2.14. The normalized spacial score (nSPS) is 12.1. The van der Waals surface area contributed by atoms with Gasteiger partial charge in [0.15, 0.2) is 5.16 Å². The molecule has 0 aliphatic carbocycles. The van der Waals surface area contributed by atoms with Crippen molar-refractivity contribution in [3.05, 3.63) is 45.3 Å². The molecule has 6 nitrogen and oxygen atoms in total. The highest BCUT2D eigenvalue weighted by molar-refractivity contribution is 7.99. The van der Waals surface area contributed by atoms with Gasteiger partial charge in [0, 0.05) is 11.6 Å². The van der Waals surface area contributed by atoms with Crippen LogP contribution in [0.1, 0.15) is 38.3 Å². The number of hydrogen-bond donors (Lipinski definition) is 2. The van der Waals surface area contributed by atoms with Crippen molar-refractivity contribution in [3.8, 4) is 0 Å². The standard InChI is InChI=1S/C16H21ClN4O2S/c1-3-4-9-21-15(23)19-20-16(21)24-10-14(22)18-11(2)12-5-7-13(17)8-6-12/h5-8,11H,3-4,9-10H2,1-2H3,(H,18,22)(H,19,23). The Balaban J connectivity index is 1.89. The van der Waals surface area contributed by atoms with Gasteiger partial charge in [0.1, 0.15) is 0 Å². The highest BCUT2D eigenvalue weighted by atomic mass is 35.5. The van der Waals surface area contributed by atoms with Crippen molar-refractivity contribution >= 4 is 29.3 Å². The third kappa shape index (κ3) is 5.14. The van der Waals surface area contributed by atoms with Crippen LogP contribution in [0.2, 0.25) is 5.02 Å². The van der Waals surface area contributed by atoms with Crippen molar-refractivity contribution in [3.63, 3.8) is 0 Å². The summed E-state index contributed by atoms with van der Waals surface area (Å²) >= 11 is 7.12. The number of H-pyrrole nitrogens is 1. The number of aromatic amines is 1. The fourth-order valence-corrected chi connectivity index (χ4v) is 3.08. The molecular weight excluding hydrogens is 348 g/mol. The molecule has 1 aromatic heterocycles. The predicted molar refractivity (Wildman–Crippen MR) is 96.5 cm³/mol. The number of unbranched alkanes of at least 4 members (excludes halogenated alkanes) is 1. The van der Waals surface area contributed by atoms with Crippen molar-refractivity contribution in [2.45, 2.75) is 44.4 Å². The fourth-order valence-electron chi connectivity index (χ4n) is 2.17. The van der Waals surface area contributed by atoms with Gasteiger partial charge in [0.25, 0.3) is 0 Å². The second-order valence-electron chi connectivity index (χ2n) is 5.45. The number of aromatic nitrogens is 3. The first-order valence-corrected chi connectivity index (χ1v) is 9.20. The van der Waals surface area contributed by atoms with Gasteiger partial charge in [-0.15, -0.1) is 5.10 Å². The lowest BCUT2D eigenvalue weighted by Crippen LogP contribution is -2.28.